The molecule has 0 unspecified atom stereocenters. The molecule has 0 spiro atoms. The summed E-state index contributed by atoms with van der Waals surface area (Å²) in [5, 5.41) is 2.77. The number of anilines is 3. The van der Waals surface area contributed by atoms with Gasteiger partial charge in [0.1, 0.15) is 23.3 Å². The molecule has 0 saturated carbocycles. The number of ether oxygens (including phenoxy) is 1. The van der Waals surface area contributed by atoms with Crippen LogP contribution in [0.3, 0.4) is 0 Å². The Morgan fingerprint density at radius 1 is 1.28 bits per heavy atom. The van der Waals surface area contributed by atoms with Gasteiger partial charge in [0.15, 0.2) is 0 Å². The number of benzene rings is 1. The van der Waals surface area contributed by atoms with Crippen LogP contribution in [-0.2, 0) is 4.74 Å². The second-order valence-electron chi connectivity index (χ2n) is 8.94. The van der Waals surface area contributed by atoms with Gasteiger partial charge in [0.25, 0.3) is 0 Å². The predicted octanol–water partition coefficient (Wildman–Crippen LogP) is 4.31. The normalized spacial score (nSPS) is 14.8. The molecule has 1 fully saturated rings. The van der Waals surface area contributed by atoms with Gasteiger partial charge >= 0.3 is 6.09 Å². The molecule has 2 aromatic rings. The van der Waals surface area contributed by atoms with E-state index in [1.165, 1.54) is 0 Å². The third-order valence-electron chi connectivity index (χ3n) is 5.94. The number of nitrogens with zero attached hydrogens (tertiary/aromatic N) is 5. The van der Waals surface area contributed by atoms with E-state index in [2.05, 4.69) is 25.2 Å². The van der Waals surface area contributed by atoms with E-state index in [0.717, 1.165) is 31.5 Å². The fourth-order valence-corrected chi connectivity index (χ4v) is 4.07. The summed E-state index contributed by atoms with van der Waals surface area (Å²) in [4.78, 5) is 28.6. The zero-order chi connectivity index (χ0) is 26.2. The molecule has 1 aliphatic heterocycles. The van der Waals surface area contributed by atoms with E-state index >= 15 is 0 Å². The molecule has 1 amide bonds. The van der Waals surface area contributed by atoms with Crippen LogP contribution in [-0.4, -0.2) is 65.6 Å². The minimum Gasteiger partial charge on any atom is -0.447 e. The Hall–Kier alpha value is -3.50. The molecule has 196 valence electrons. The van der Waals surface area contributed by atoms with Crippen LogP contribution in [0.5, 0.6) is 0 Å². The Balaban J connectivity index is 1.66. The van der Waals surface area contributed by atoms with E-state index < -0.39 is 11.6 Å². The Morgan fingerprint density at radius 3 is 2.64 bits per heavy atom. The number of aromatic nitrogens is 2. The third kappa shape index (κ3) is 7.02. The van der Waals surface area contributed by atoms with Crippen molar-refractivity contribution in [3.05, 3.63) is 41.6 Å². The number of rotatable bonds is 9. The van der Waals surface area contributed by atoms with Crippen LogP contribution >= 0.6 is 0 Å². The van der Waals surface area contributed by atoms with Crippen molar-refractivity contribution in [3.63, 3.8) is 0 Å². The molecule has 9 nitrogen and oxygen atoms in total. The number of hydrogen-bond acceptors (Lipinski definition) is 7. The van der Waals surface area contributed by atoms with Gasteiger partial charge in [-0.05, 0) is 58.6 Å². The van der Waals surface area contributed by atoms with E-state index in [1.807, 2.05) is 20.8 Å². The number of piperidine rings is 1. The summed E-state index contributed by atoms with van der Waals surface area (Å²) in [6.45, 7) is 10.6. The highest BCUT2D eigenvalue weighted by Crippen LogP contribution is 2.25. The van der Waals surface area contributed by atoms with Gasteiger partial charge in [0.2, 0.25) is 5.95 Å². The Morgan fingerprint density at radius 2 is 2.00 bits per heavy atom. The number of amidine groups is 1. The van der Waals surface area contributed by atoms with Gasteiger partial charge in [-0.25, -0.2) is 18.6 Å². The molecule has 11 heteroatoms. The molecule has 1 aliphatic rings. The van der Waals surface area contributed by atoms with Gasteiger partial charge in [0.05, 0.1) is 17.4 Å². The number of amides is 1. The highest BCUT2D eigenvalue weighted by molar-refractivity contribution is 5.98. The first-order valence-corrected chi connectivity index (χ1v) is 12.3. The van der Waals surface area contributed by atoms with Crippen LogP contribution in [0.2, 0.25) is 0 Å². The Kier molecular flexibility index (Phi) is 9.38. The molecule has 3 N–H and O–H groups in total. The monoisotopic (exact) mass is 503 g/mol. The first kappa shape index (κ1) is 27.1. The summed E-state index contributed by atoms with van der Waals surface area (Å²) < 4.78 is 34.5. The standard InChI is InChI=1S/C25H35F2N7O2/c1-5-29-23(28)18-13-20(27)21(14-19(18)26)31-24-30-10-7-22(32-24)33(6-2)15-17-8-11-34(12-9-17)25(35)36-16(3)4/h7,10,13-14,16-17H,5-6,8-9,11-12,15H2,1-4H3,(H2,28,29)(H,30,31,32). The summed E-state index contributed by atoms with van der Waals surface area (Å²) in [6, 6.07) is 3.82. The number of nitrogens with one attached hydrogen (secondary N) is 1. The topological polar surface area (TPSA) is 109 Å². The van der Waals surface area contributed by atoms with E-state index in [9.17, 15) is 13.6 Å². The molecule has 3 rings (SSSR count). The summed E-state index contributed by atoms with van der Waals surface area (Å²) in [5.74, 6) is -0.228. The highest BCUT2D eigenvalue weighted by Gasteiger charge is 2.26. The third-order valence-corrected chi connectivity index (χ3v) is 5.94. The molecule has 0 aliphatic carbocycles. The second-order valence-corrected chi connectivity index (χ2v) is 8.94. The first-order valence-electron chi connectivity index (χ1n) is 12.3. The van der Waals surface area contributed by atoms with Crippen molar-refractivity contribution in [2.75, 3.05) is 42.9 Å². The maximum atomic E-state index is 14.7. The fraction of sp³-hybridized carbons (Fsp3) is 0.520. The van der Waals surface area contributed by atoms with Gasteiger partial charge in [-0.2, -0.15) is 4.98 Å². The smallest absolute Gasteiger partial charge is 0.410 e. The maximum absolute atomic E-state index is 14.7. The van der Waals surface area contributed by atoms with Crippen LogP contribution in [0.25, 0.3) is 0 Å². The number of likely N-dealkylation sites (tertiary alicyclic amines) is 1. The minimum atomic E-state index is -0.691. The van der Waals surface area contributed by atoms with Gasteiger partial charge < -0.3 is 25.6 Å². The number of carbonyl (C=O) groups excluding carboxylic acids is 1. The summed E-state index contributed by atoms with van der Waals surface area (Å²) in [7, 11) is 0. The summed E-state index contributed by atoms with van der Waals surface area (Å²) >= 11 is 0. The maximum Gasteiger partial charge on any atom is 0.410 e. The van der Waals surface area contributed by atoms with Crippen LogP contribution in [0.4, 0.5) is 31.0 Å². The Bertz CT molecular complexity index is 1070. The van der Waals surface area contributed by atoms with Gasteiger partial charge in [-0.1, -0.05) is 0 Å². The molecule has 1 aromatic heterocycles. The molecule has 36 heavy (non-hydrogen) atoms. The Labute approximate surface area is 210 Å². The van der Waals surface area contributed by atoms with Gasteiger partial charge in [0, 0.05) is 45.0 Å². The van der Waals surface area contributed by atoms with Crippen LogP contribution < -0.4 is 16.0 Å². The lowest BCUT2D eigenvalue weighted by Gasteiger charge is -2.34. The molecule has 0 bridgehead atoms. The van der Waals surface area contributed by atoms with E-state index in [1.54, 1.807) is 24.1 Å². The van der Waals surface area contributed by atoms with Crippen LogP contribution in [0, 0.1) is 17.6 Å². The lowest BCUT2D eigenvalue weighted by Crippen LogP contribution is -2.42. The molecule has 0 atom stereocenters. The van der Waals surface area contributed by atoms with E-state index in [0.29, 0.717) is 37.9 Å². The zero-order valence-electron chi connectivity index (χ0n) is 21.3. The largest absolute Gasteiger partial charge is 0.447 e. The average Bonchev–Trinajstić information content (AvgIpc) is 2.84. The van der Waals surface area contributed by atoms with Crippen molar-refractivity contribution >= 4 is 29.4 Å². The zero-order valence-corrected chi connectivity index (χ0v) is 21.3. The van der Waals surface area contributed by atoms with E-state index in [-0.39, 0.29) is 35.2 Å². The van der Waals surface area contributed by atoms with Crippen molar-refractivity contribution < 1.29 is 18.3 Å². The minimum absolute atomic E-state index is 0.0556. The van der Waals surface area contributed by atoms with Crippen molar-refractivity contribution in [1.82, 2.24) is 14.9 Å². The fourth-order valence-electron chi connectivity index (χ4n) is 4.07. The molecule has 1 saturated heterocycles. The molecule has 1 aromatic carbocycles. The molecular formula is C25H35F2N7O2. The van der Waals surface area contributed by atoms with Gasteiger partial charge in [-0.15, -0.1) is 0 Å². The number of aliphatic imine (C=N–C) groups is 1. The highest BCUT2D eigenvalue weighted by atomic mass is 19.1. The van der Waals surface area contributed by atoms with E-state index in [4.69, 9.17) is 10.5 Å². The second kappa shape index (κ2) is 12.5. The SMILES string of the molecule is CCN=C(N)c1cc(F)c(Nc2nccc(N(CC)CC3CCN(C(=O)OC(C)C)CC3)n2)cc1F. The molecular weight excluding hydrogens is 468 g/mol. The van der Waals surface area contributed by atoms with Crippen molar-refractivity contribution in [3.8, 4) is 0 Å². The lowest BCUT2D eigenvalue weighted by molar-refractivity contribution is 0.0658. The van der Waals surface area contributed by atoms with Gasteiger partial charge in [-0.3, -0.25) is 4.99 Å². The van der Waals surface area contributed by atoms with Crippen LogP contribution in [0.15, 0.2) is 29.4 Å². The van der Waals surface area contributed by atoms with Crippen LogP contribution in [0.1, 0.15) is 46.1 Å². The number of hydrogen-bond donors (Lipinski definition) is 2. The number of carbonyl (C=O) groups is 1. The van der Waals surface area contributed by atoms with Crippen molar-refractivity contribution in [2.45, 2.75) is 46.6 Å². The van der Waals surface area contributed by atoms with Crippen molar-refractivity contribution in [2.24, 2.45) is 16.6 Å². The predicted molar refractivity (Wildman–Crippen MR) is 137 cm³/mol. The average molecular weight is 504 g/mol. The number of nitrogens with two attached hydrogens (primary N) is 1. The number of halogens is 2. The lowest BCUT2D eigenvalue weighted by atomic mass is 9.96. The quantitative estimate of drug-likeness (QED) is 0.388. The first-order chi connectivity index (χ1) is 17.2. The van der Waals surface area contributed by atoms with Crippen molar-refractivity contribution in [1.29, 1.82) is 0 Å². The summed E-state index contributed by atoms with van der Waals surface area (Å²) in [6.07, 6.45) is 2.90. The summed E-state index contributed by atoms with van der Waals surface area (Å²) in [5.41, 5.74) is 5.55. The molecule has 0 radical (unpaired) electrons. The molecule has 2 heterocycles.